The second-order valence-electron chi connectivity index (χ2n) is 7.47. The molecule has 1 N–H and O–H groups in total. The molecule has 0 saturated carbocycles. The van der Waals surface area contributed by atoms with Crippen LogP contribution in [-0.4, -0.2) is 36.6 Å². The monoisotopic (exact) mass is 475 g/mol. The van der Waals surface area contributed by atoms with Crippen LogP contribution in [0.3, 0.4) is 0 Å². The zero-order valence-electron chi connectivity index (χ0n) is 17.6. The highest BCUT2D eigenvalue weighted by atomic mass is 35.5. The molecule has 0 fully saturated rings. The molecule has 1 aliphatic heterocycles. The minimum atomic E-state index is -2.66. The van der Waals surface area contributed by atoms with Gasteiger partial charge in [0, 0.05) is 10.9 Å². The number of hydrogen-bond donors (Lipinski definition) is 1. The van der Waals surface area contributed by atoms with Crippen molar-refractivity contribution in [3.63, 3.8) is 0 Å². The molecule has 0 atom stereocenters. The first-order chi connectivity index (χ1) is 15.8. The smallest absolute Gasteiger partial charge is 0.307 e. The fourth-order valence-electron chi connectivity index (χ4n) is 4.00. The van der Waals surface area contributed by atoms with Crippen molar-refractivity contribution in [2.24, 2.45) is 0 Å². The first kappa shape index (κ1) is 22.8. The molecule has 0 radical (unpaired) electrons. The Balaban J connectivity index is 1.83. The van der Waals surface area contributed by atoms with Crippen LogP contribution in [0.25, 0.3) is 10.8 Å². The molecule has 172 valence electrons. The quantitative estimate of drug-likeness (QED) is 0.477. The predicted octanol–water partition coefficient (Wildman–Crippen LogP) is 5.32. The van der Waals surface area contributed by atoms with Gasteiger partial charge < -0.3 is 19.5 Å². The lowest BCUT2D eigenvalue weighted by atomic mass is 9.98. The summed E-state index contributed by atoms with van der Waals surface area (Å²) in [6.07, 6.45) is -2.86. The number of aliphatic carboxylic acids is 1. The van der Waals surface area contributed by atoms with Crippen LogP contribution in [0.1, 0.15) is 28.4 Å². The molecule has 3 aromatic rings. The highest BCUT2D eigenvalue weighted by Gasteiger charge is 2.35. The van der Waals surface area contributed by atoms with E-state index in [9.17, 15) is 18.4 Å². The summed E-state index contributed by atoms with van der Waals surface area (Å²) in [6, 6.07) is 11.5. The van der Waals surface area contributed by atoms with Crippen molar-refractivity contribution in [3.05, 3.63) is 64.2 Å². The van der Waals surface area contributed by atoms with Gasteiger partial charge in [0.05, 0.1) is 35.8 Å². The third kappa shape index (κ3) is 4.43. The lowest BCUT2D eigenvalue weighted by Gasteiger charge is -2.18. The van der Waals surface area contributed by atoms with Gasteiger partial charge in [-0.2, -0.15) is 0 Å². The normalized spacial score (nSPS) is 13.0. The molecule has 0 aromatic heterocycles. The molecule has 1 amide bonds. The van der Waals surface area contributed by atoms with Gasteiger partial charge in [0.25, 0.3) is 12.3 Å². The molecule has 33 heavy (non-hydrogen) atoms. The summed E-state index contributed by atoms with van der Waals surface area (Å²) in [4.78, 5) is 26.0. The van der Waals surface area contributed by atoms with E-state index < -0.39 is 19.0 Å². The van der Waals surface area contributed by atoms with E-state index >= 15 is 0 Å². The van der Waals surface area contributed by atoms with Gasteiger partial charge in [0.1, 0.15) is 18.1 Å². The van der Waals surface area contributed by atoms with Crippen LogP contribution in [0.2, 0.25) is 5.02 Å². The number of anilines is 1. The molecular formula is C24H20ClF2NO5. The number of carboxylic acids is 1. The molecule has 0 bridgehead atoms. The maximum Gasteiger partial charge on any atom is 0.307 e. The van der Waals surface area contributed by atoms with Crippen molar-refractivity contribution in [1.82, 2.24) is 0 Å². The number of alkyl halides is 2. The van der Waals surface area contributed by atoms with Gasteiger partial charge in [-0.25, -0.2) is 8.78 Å². The van der Waals surface area contributed by atoms with Gasteiger partial charge in [0.15, 0.2) is 0 Å². The molecule has 9 heteroatoms. The van der Waals surface area contributed by atoms with E-state index in [0.717, 1.165) is 0 Å². The largest absolute Gasteiger partial charge is 0.493 e. The zero-order valence-corrected chi connectivity index (χ0v) is 18.4. The summed E-state index contributed by atoms with van der Waals surface area (Å²) in [5.74, 6) is -0.671. The molecule has 1 aliphatic rings. The molecule has 0 saturated heterocycles. The van der Waals surface area contributed by atoms with Crippen LogP contribution in [0.5, 0.6) is 11.5 Å². The Morgan fingerprint density at radius 3 is 2.64 bits per heavy atom. The van der Waals surface area contributed by atoms with E-state index in [1.165, 1.54) is 11.0 Å². The lowest BCUT2D eigenvalue weighted by Crippen LogP contribution is -2.23. The number of amides is 1. The first-order valence-corrected chi connectivity index (χ1v) is 10.6. The van der Waals surface area contributed by atoms with Gasteiger partial charge >= 0.3 is 5.97 Å². The Labute approximate surface area is 193 Å². The number of ether oxygens (including phenoxy) is 2. The van der Waals surface area contributed by atoms with Crippen LogP contribution >= 0.6 is 11.6 Å². The van der Waals surface area contributed by atoms with Gasteiger partial charge in [-0.15, -0.1) is 0 Å². The van der Waals surface area contributed by atoms with Gasteiger partial charge in [-0.05, 0) is 42.1 Å². The highest BCUT2D eigenvalue weighted by molar-refractivity contribution is 6.34. The number of carbonyl (C=O) groups excluding carboxylic acids is 1. The number of halogens is 3. The third-order valence-corrected chi connectivity index (χ3v) is 5.60. The summed E-state index contributed by atoms with van der Waals surface area (Å²) >= 11 is 6.41. The number of carbonyl (C=O) groups is 2. The Kier molecular flexibility index (Phi) is 6.37. The van der Waals surface area contributed by atoms with Crippen molar-refractivity contribution < 1.29 is 33.0 Å². The van der Waals surface area contributed by atoms with E-state index in [1.54, 1.807) is 36.4 Å². The van der Waals surface area contributed by atoms with Crippen LogP contribution in [0.15, 0.2) is 42.5 Å². The second kappa shape index (κ2) is 9.23. The van der Waals surface area contributed by atoms with Crippen molar-refractivity contribution in [1.29, 1.82) is 0 Å². The number of benzene rings is 3. The van der Waals surface area contributed by atoms with Gasteiger partial charge in [-0.3, -0.25) is 9.59 Å². The fraction of sp³-hybridized carbons (Fsp3) is 0.250. The standard InChI is InChI=1S/C24H20ClF2NO5/c1-2-32-19-10-14-4-3-5-18(33-12-20(26)27)22(14)23-15(19)11-28(24(23)31)17-7-6-13(8-16(17)25)9-21(29)30/h3-8,10,20H,2,9,11-12H2,1H3,(H,29,30). The Hall–Kier alpha value is -3.39. The molecule has 0 aliphatic carbocycles. The molecule has 0 unspecified atom stereocenters. The average Bonchev–Trinajstić information content (AvgIpc) is 3.09. The van der Waals surface area contributed by atoms with Crippen molar-refractivity contribution >= 4 is 39.9 Å². The van der Waals surface area contributed by atoms with E-state index in [2.05, 4.69) is 0 Å². The SMILES string of the molecule is CCOc1cc2cccc(OCC(F)F)c2c2c1CN(c1ccc(CC(=O)O)cc1Cl)C2=O. The summed E-state index contributed by atoms with van der Waals surface area (Å²) in [5, 5.41) is 10.3. The fourth-order valence-corrected chi connectivity index (χ4v) is 4.31. The third-order valence-electron chi connectivity index (χ3n) is 5.29. The Bertz CT molecular complexity index is 1250. The number of hydrogen-bond acceptors (Lipinski definition) is 4. The minimum Gasteiger partial charge on any atom is -0.493 e. The van der Waals surface area contributed by atoms with E-state index in [1.807, 2.05) is 6.92 Å². The molecule has 4 rings (SSSR count). The average molecular weight is 476 g/mol. The van der Waals surface area contributed by atoms with Gasteiger partial charge in [0.2, 0.25) is 0 Å². The Morgan fingerprint density at radius 2 is 1.97 bits per heavy atom. The maximum atomic E-state index is 13.6. The summed E-state index contributed by atoms with van der Waals surface area (Å²) in [6.45, 7) is 1.56. The van der Waals surface area contributed by atoms with E-state index in [-0.39, 0.29) is 29.6 Å². The number of carboxylic acid groups (broad SMARTS) is 1. The second-order valence-corrected chi connectivity index (χ2v) is 7.87. The Morgan fingerprint density at radius 1 is 1.18 bits per heavy atom. The molecule has 1 heterocycles. The predicted molar refractivity (Wildman–Crippen MR) is 120 cm³/mol. The zero-order chi connectivity index (χ0) is 23.7. The van der Waals surface area contributed by atoms with Crippen molar-refractivity contribution in [2.45, 2.75) is 26.3 Å². The summed E-state index contributed by atoms with van der Waals surface area (Å²) < 4.78 is 36.7. The molecular weight excluding hydrogens is 456 g/mol. The van der Waals surface area contributed by atoms with E-state index in [0.29, 0.717) is 45.5 Å². The van der Waals surface area contributed by atoms with Crippen LogP contribution in [0, 0.1) is 0 Å². The molecule has 3 aromatic carbocycles. The number of rotatable bonds is 8. The lowest BCUT2D eigenvalue weighted by molar-refractivity contribution is -0.136. The van der Waals surface area contributed by atoms with Crippen LogP contribution in [-0.2, 0) is 17.8 Å². The van der Waals surface area contributed by atoms with Crippen molar-refractivity contribution in [3.8, 4) is 11.5 Å². The van der Waals surface area contributed by atoms with Gasteiger partial charge in [-0.1, -0.05) is 29.8 Å². The molecule has 6 nitrogen and oxygen atoms in total. The minimum absolute atomic E-state index is 0.153. The first-order valence-electron chi connectivity index (χ1n) is 10.2. The van der Waals surface area contributed by atoms with Crippen LogP contribution in [0.4, 0.5) is 14.5 Å². The topological polar surface area (TPSA) is 76.1 Å². The van der Waals surface area contributed by atoms with E-state index in [4.69, 9.17) is 26.2 Å². The summed E-state index contributed by atoms with van der Waals surface area (Å²) in [7, 11) is 0. The van der Waals surface area contributed by atoms with Crippen LogP contribution < -0.4 is 14.4 Å². The number of nitrogens with zero attached hydrogens (tertiary/aromatic N) is 1. The number of fused-ring (bicyclic) bond motifs is 3. The van der Waals surface area contributed by atoms with Crippen molar-refractivity contribution in [2.75, 3.05) is 18.1 Å². The molecule has 0 spiro atoms. The highest BCUT2D eigenvalue weighted by Crippen LogP contribution is 2.43. The summed E-state index contributed by atoms with van der Waals surface area (Å²) in [5.41, 5.74) is 1.83. The maximum absolute atomic E-state index is 13.6.